The molecule has 3 N–H and O–H groups in total. The average Bonchev–Trinajstić information content (AvgIpc) is 2.55. The van der Waals surface area contributed by atoms with Crippen LogP contribution in [-0.2, 0) is 9.53 Å². The summed E-state index contributed by atoms with van der Waals surface area (Å²) in [5.74, 6) is -0.131. The summed E-state index contributed by atoms with van der Waals surface area (Å²) in [5.41, 5.74) is 6.85. The molecule has 3 atom stereocenters. The van der Waals surface area contributed by atoms with Gasteiger partial charge in [0.2, 0.25) is 5.91 Å². The predicted molar refractivity (Wildman–Crippen MR) is 82.8 cm³/mol. The van der Waals surface area contributed by atoms with Gasteiger partial charge in [-0.1, -0.05) is 30.3 Å². The highest BCUT2D eigenvalue weighted by Crippen LogP contribution is 2.12. The number of morpholine rings is 1. The number of carbonyl (C=O) groups excluding carboxylic acids is 1. The lowest BCUT2D eigenvalue weighted by molar-refractivity contribution is -0.123. The van der Waals surface area contributed by atoms with Crippen molar-refractivity contribution >= 4 is 5.91 Å². The fourth-order valence-electron chi connectivity index (χ4n) is 2.55. The van der Waals surface area contributed by atoms with Crippen molar-refractivity contribution in [2.24, 2.45) is 5.73 Å². The van der Waals surface area contributed by atoms with Crippen LogP contribution >= 0.6 is 0 Å². The molecule has 21 heavy (non-hydrogen) atoms. The fraction of sp³-hybridized carbons (Fsp3) is 0.562. The Morgan fingerprint density at radius 3 is 2.48 bits per heavy atom. The van der Waals surface area contributed by atoms with E-state index in [1.165, 1.54) is 0 Å². The number of rotatable bonds is 5. The Morgan fingerprint density at radius 1 is 1.24 bits per heavy atom. The minimum Gasteiger partial charge on any atom is -0.379 e. The van der Waals surface area contributed by atoms with E-state index in [1.54, 1.807) is 0 Å². The van der Waals surface area contributed by atoms with Crippen LogP contribution in [0.3, 0.4) is 0 Å². The summed E-state index contributed by atoms with van der Waals surface area (Å²) in [6, 6.07) is 9.14. The molecule has 116 valence electrons. The number of nitrogens with one attached hydrogen (secondary N) is 1. The third-order valence-electron chi connectivity index (χ3n) is 4.16. The van der Waals surface area contributed by atoms with Crippen molar-refractivity contribution in [3.8, 4) is 0 Å². The topological polar surface area (TPSA) is 67.6 Å². The molecule has 0 bridgehead atoms. The standard InChI is InChI=1S/C16H25N3O2/c1-12(13(2)19-8-10-21-11-9-19)18-16(20)15(17)14-6-4-3-5-7-14/h3-7,12-13,15H,8-11,17H2,1-2H3,(H,18,20). The number of hydrogen-bond donors (Lipinski definition) is 2. The second-order valence-electron chi connectivity index (χ2n) is 5.57. The van der Waals surface area contributed by atoms with Gasteiger partial charge in [-0.15, -0.1) is 0 Å². The molecule has 1 aliphatic rings. The van der Waals surface area contributed by atoms with Crippen molar-refractivity contribution in [1.29, 1.82) is 0 Å². The van der Waals surface area contributed by atoms with Crippen molar-refractivity contribution in [3.63, 3.8) is 0 Å². The molecule has 1 aliphatic heterocycles. The summed E-state index contributed by atoms with van der Waals surface area (Å²) in [4.78, 5) is 14.6. The van der Waals surface area contributed by atoms with E-state index in [2.05, 4.69) is 17.1 Å². The van der Waals surface area contributed by atoms with Gasteiger partial charge in [-0.25, -0.2) is 0 Å². The maximum atomic E-state index is 12.3. The summed E-state index contributed by atoms with van der Waals surface area (Å²) >= 11 is 0. The molecule has 1 aromatic rings. The number of benzene rings is 1. The lowest BCUT2D eigenvalue weighted by Gasteiger charge is -2.36. The number of hydrogen-bond acceptors (Lipinski definition) is 4. The summed E-state index contributed by atoms with van der Waals surface area (Å²) < 4.78 is 5.36. The maximum Gasteiger partial charge on any atom is 0.241 e. The molecule has 1 aromatic carbocycles. The first-order valence-electron chi connectivity index (χ1n) is 7.52. The number of carbonyl (C=O) groups is 1. The number of amides is 1. The molecule has 1 saturated heterocycles. The van der Waals surface area contributed by atoms with Gasteiger partial charge in [0.1, 0.15) is 6.04 Å². The van der Waals surface area contributed by atoms with Gasteiger partial charge in [0.15, 0.2) is 0 Å². The van der Waals surface area contributed by atoms with Gasteiger partial charge in [-0.3, -0.25) is 9.69 Å². The molecule has 0 aromatic heterocycles. The van der Waals surface area contributed by atoms with E-state index in [9.17, 15) is 4.79 Å². The zero-order valence-corrected chi connectivity index (χ0v) is 12.8. The van der Waals surface area contributed by atoms with E-state index in [-0.39, 0.29) is 18.0 Å². The van der Waals surface area contributed by atoms with Gasteiger partial charge in [0, 0.05) is 25.2 Å². The summed E-state index contributed by atoms with van der Waals surface area (Å²) in [6.07, 6.45) is 0. The van der Waals surface area contributed by atoms with E-state index in [0.29, 0.717) is 0 Å². The average molecular weight is 291 g/mol. The zero-order valence-electron chi connectivity index (χ0n) is 12.8. The Hall–Kier alpha value is -1.43. The third-order valence-corrected chi connectivity index (χ3v) is 4.16. The van der Waals surface area contributed by atoms with Crippen molar-refractivity contribution in [3.05, 3.63) is 35.9 Å². The monoisotopic (exact) mass is 291 g/mol. The molecule has 0 radical (unpaired) electrons. The van der Waals surface area contributed by atoms with E-state index < -0.39 is 6.04 Å². The Labute approximate surface area is 126 Å². The van der Waals surface area contributed by atoms with Crippen LogP contribution in [0.15, 0.2) is 30.3 Å². The predicted octanol–water partition coefficient (Wildman–Crippen LogP) is 0.912. The molecule has 2 rings (SSSR count). The first kappa shape index (κ1) is 15.9. The van der Waals surface area contributed by atoms with Crippen molar-refractivity contribution in [2.45, 2.75) is 32.0 Å². The Bertz CT molecular complexity index is 446. The Balaban J connectivity index is 1.89. The van der Waals surface area contributed by atoms with Crippen LogP contribution in [-0.4, -0.2) is 49.2 Å². The first-order valence-corrected chi connectivity index (χ1v) is 7.52. The molecule has 5 nitrogen and oxygen atoms in total. The van der Waals surface area contributed by atoms with Gasteiger partial charge in [-0.2, -0.15) is 0 Å². The lowest BCUT2D eigenvalue weighted by atomic mass is 10.1. The molecule has 5 heteroatoms. The highest BCUT2D eigenvalue weighted by molar-refractivity contribution is 5.83. The fourth-order valence-corrected chi connectivity index (χ4v) is 2.55. The minimum atomic E-state index is -0.620. The quantitative estimate of drug-likeness (QED) is 0.846. The molecule has 0 spiro atoms. The van der Waals surface area contributed by atoms with Crippen LogP contribution in [0.1, 0.15) is 25.5 Å². The molecule has 0 saturated carbocycles. The second-order valence-corrected chi connectivity index (χ2v) is 5.57. The van der Waals surface area contributed by atoms with E-state index in [4.69, 9.17) is 10.5 Å². The lowest BCUT2D eigenvalue weighted by Crippen LogP contribution is -2.53. The maximum absolute atomic E-state index is 12.3. The molecule has 3 unspecified atom stereocenters. The Kier molecular flexibility index (Phi) is 5.73. The van der Waals surface area contributed by atoms with Crippen LogP contribution in [0.25, 0.3) is 0 Å². The van der Waals surface area contributed by atoms with E-state index >= 15 is 0 Å². The highest BCUT2D eigenvalue weighted by atomic mass is 16.5. The smallest absolute Gasteiger partial charge is 0.241 e. The van der Waals surface area contributed by atoms with Gasteiger partial charge in [0.05, 0.1) is 13.2 Å². The van der Waals surface area contributed by atoms with Crippen molar-refractivity contribution in [1.82, 2.24) is 10.2 Å². The van der Waals surface area contributed by atoms with E-state index in [0.717, 1.165) is 31.9 Å². The van der Waals surface area contributed by atoms with Crippen molar-refractivity contribution < 1.29 is 9.53 Å². The third kappa shape index (κ3) is 4.27. The zero-order chi connectivity index (χ0) is 15.2. The molecule has 0 aliphatic carbocycles. The number of nitrogens with two attached hydrogens (primary N) is 1. The highest BCUT2D eigenvalue weighted by Gasteiger charge is 2.25. The SMILES string of the molecule is CC(NC(=O)C(N)c1ccccc1)C(C)N1CCOCC1. The second kappa shape index (κ2) is 7.54. The van der Waals surface area contributed by atoms with Crippen LogP contribution in [0.2, 0.25) is 0 Å². The van der Waals surface area contributed by atoms with Gasteiger partial charge >= 0.3 is 0 Å². The van der Waals surface area contributed by atoms with Crippen LogP contribution in [0, 0.1) is 0 Å². The Morgan fingerprint density at radius 2 is 1.86 bits per heavy atom. The van der Waals surface area contributed by atoms with Crippen molar-refractivity contribution in [2.75, 3.05) is 26.3 Å². The first-order chi connectivity index (χ1) is 10.1. The summed E-state index contributed by atoms with van der Waals surface area (Å²) in [6.45, 7) is 7.49. The largest absolute Gasteiger partial charge is 0.379 e. The summed E-state index contributed by atoms with van der Waals surface area (Å²) in [7, 11) is 0. The van der Waals surface area contributed by atoms with Gasteiger partial charge in [0.25, 0.3) is 0 Å². The van der Waals surface area contributed by atoms with Crippen LogP contribution < -0.4 is 11.1 Å². The van der Waals surface area contributed by atoms with E-state index in [1.807, 2.05) is 37.3 Å². The molecule has 1 fully saturated rings. The van der Waals surface area contributed by atoms with Crippen LogP contribution in [0.5, 0.6) is 0 Å². The molecule has 1 heterocycles. The van der Waals surface area contributed by atoms with Gasteiger partial charge in [-0.05, 0) is 19.4 Å². The normalized spacial score (nSPS) is 20.5. The van der Waals surface area contributed by atoms with Gasteiger partial charge < -0.3 is 15.8 Å². The van der Waals surface area contributed by atoms with Crippen LogP contribution in [0.4, 0.5) is 0 Å². The number of ether oxygens (including phenoxy) is 1. The molecule has 1 amide bonds. The number of nitrogens with zero attached hydrogens (tertiary/aromatic N) is 1. The summed E-state index contributed by atoms with van der Waals surface area (Å²) in [5, 5.41) is 3.03. The minimum absolute atomic E-state index is 0.0466. The molecular weight excluding hydrogens is 266 g/mol. The molecular formula is C16H25N3O2.